The molecule has 1 unspecified atom stereocenters. The van der Waals surface area contributed by atoms with E-state index in [1.165, 1.54) is 0 Å². The number of aliphatic hydroxyl groups is 1. The summed E-state index contributed by atoms with van der Waals surface area (Å²) in [7, 11) is 0. The van der Waals surface area contributed by atoms with Crippen molar-refractivity contribution in [2.24, 2.45) is 5.73 Å². The highest BCUT2D eigenvalue weighted by Crippen LogP contribution is 2.11. The summed E-state index contributed by atoms with van der Waals surface area (Å²) >= 11 is 0. The lowest BCUT2D eigenvalue weighted by molar-refractivity contribution is 0.0556. The molecule has 3 N–H and O–H groups in total. The van der Waals surface area contributed by atoms with Crippen LogP contribution in [-0.2, 0) is 4.74 Å². The van der Waals surface area contributed by atoms with Crippen molar-refractivity contribution in [2.45, 2.75) is 51.7 Å². The van der Waals surface area contributed by atoms with Gasteiger partial charge in [0, 0.05) is 12.1 Å². The van der Waals surface area contributed by atoms with E-state index in [1.807, 2.05) is 0 Å². The van der Waals surface area contributed by atoms with Crippen LogP contribution in [-0.4, -0.2) is 30.0 Å². The number of ether oxygens (including phenoxy) is 1. The predicted octanol–water partition coefficient (Wildman–Crippen LogP) is 1.29. The third-order valence-corrected chi connectivity index (χ3v) is 2.48. The zero-order valence-corrected chi connectivity index (χ0v) is 9.05. The van der Waals surface area contributed by atoms with Crippen molar-refractivity contribution in [3.63, 3.8) is 0 Å². The molecule has 0 fully saturated rings. The van der Waals surface area contributed by atoms with Crippen molar-refractivity contribution in [3.8, 4) is 0 Å². The van der Waals surface area contributed by atoms with Gasteiger partial charge < -0.3 is 15.6 Å². The van der Waals surface area contributed by atoms with Crippen LogP contribution in [0.15, 0.2) is 0 Å². The number of nitrogens with two attached hydrogens (primary N) is 1. The minimum atomic E-state index is -0.282. The summed E-state index contributed by atoms with van der Waals surface area (Å²) in [6, 6.07) is 0. The lowest BCUT2D eigenvalue weighted by Crippen LogP contribution is -2.43. The van der Waals surface area contributed by atoms with Crippen molar-refractivity contribution < 1.29 is 9.84 Å². The molecule has 0 saturated carbocycles. The first-order valence-electron chi connectivity index (χ1n) is 5.08. The molecular weight excluding hydrogens is 166 g/mol. The first-order chi connectivity index (χ1) is 6.04. The predicted molar refractivity (Wildman–Crippen MR) is 54.6 cm³/mol. The Morgan fingerprint density at radius 3 is 2.31 bits per heavy atom. The van der Waals surface area contributed by atoms with E-state index >= 15 is 0 Å². The fourth-order valence-corrected chi connectivity index (χ4v) is 0.983. The van der Waals surface area contributed by atoms with Crippen LogP contribution in [0.4, 0.5) is 0 Å². The third-order valence-electron chi connectivity index (χ3n) is 2.48. The van der Waals surface area contributed by atoms with E-state index in [9.17, 15) is 0 Å². The van der Waals surface area contributed by atoms with Crippen LogP contribution >= 0.6 is 0 Å². The fourth-order valence-electron chi connectivity index (χ4n) is 0.983. The second-order valence-electron chi connectivity index (χ2n) is 3.76. The van der Waals surface area contributed by atoms with E-state index < -0.39 is 0 Å². The van der Waals surface area contributed by atoms with Crippen LogP contribution < -0.4 is 5.73 Å². The fraction of sp³-hybridized carbons (Fsp3) is 1.00. The molecule has 0 aliphatic rings. The topological polar surface area (TPSA) is 55.5 Å². The van der Waals surface area contributed by atoms with E-state index in [2.05, 4.69) is 13.8 Å². The molecule has 0 aliphatic heterocycles. The van der Waals surface area contributed by atoms with Crippen LogP contribution in [0, 0.1) is 0 Å². The molecule has 80 valence electrons. The van der Waals surface area contributed by atoms with Gasteiger partial charge in [0.05, 0.1) is 12.7 Å². The lowest BCUT2D eigenvalue weighted by atomic mass is 9.96. The molecule has 1 atom stereocenters. The molecule has 0 amide bonds. The van der Waals surface area contributed by atoms with Gasteiger partial charge in [-0.3, -0.25) is 0 Å². The molecule has 0 aromatic carbocycles. The Balaban J connectivity index is 3.50. The van der Waals surface area contributed by atoms with Gasteiger partial charge in [0.15, 0.2) is 0 Å². The van der Waals surface area contributed by atoms with Crippen molar-refractivity contribution in [1.29, 1.82) is 0 Å². The first-order valence-corrected chi connectivity index (χ1v) is 5.08. The minimum absolute atomic E-state index is 0.182. The van der Waals surface area contributed by atoms with Gasteiger partial charge in [0.2, 0.25) is 0 Å². The normalized spacial score (nSPS) is 14.5. The summed E-state index contributed by atoms with van der Waals surface area (Å²) in [5, 5.41) is 8.98. The average Bonchev–Trinajstić information content (AvgIpc) is 2.12. The second-order valence-corrected chi connectivity index (χ2v) is 3.76. The molecule has 0 bridgehead atoms. The molecule has 0 heterocycles. The van der Waals surface area contributed by atoms with E-state index in [4.69, 9.17) is 15.6 Å². The highest BCUT2D eigenvalue weighted by Gasteiger charge is 2.19. The Morgan fingerprint density at radius 2 is 1.92 bits per heavy atom. The number of rotatable bonds is 7. The Morgan fingerprint density at radius 1 is 1.38 bits per heavy atom. The zero-order valence-electron chi connectivity index (χ0n) is 9.05. The van der Waals surface area contributed by atoms with Gasteiger partial charge >= 0.3 is 0 Å². The van der Waals surface area contributed by atoms with Crippen LogP contribution in [0.5, 0.6) is 0 Å². The largest absolute Gasteiger partial charge is 0.393 e. The van der Waals surface area contributed by atoms with Crippen LogP contribution in [0.25, 0.3) is 0 Å². The monoisotopic (exact) mass is 189 g/mol. The van der Waals surface area contributed by atoms with Gasteiger partial charge in [-0.15, -0.1) is 0 Å². The second kappa shape index (κ2) is 6.35. The summed E-state index contributed by atoms with van der Waals surface area (Å²) in [4.78, 5) is 0. The summed E-state index contributed by atoms with van der Waals surface area (Å²) in [6.07, 6.45) is 2.26. The van der Waals surface area contributed by atoms with Crippen molar-refractivity contribution in [1.82, 2.24) is 0 Å². The minimum Gasteiger partial charge on any atom is -0.393 e. The molecular formula is C10H23NO2. The molecule has 13 heavy (non-hydrogen) atoms. The van der Waals surface area contributed by atoms with E-state index in [-0.39, 0.29) is 11.6 Å². The van der Waals surface area contributed by atoms with Gasteiger partial charge in [-0.25, -0.2) is 0 Å². The first kappa shape index (κ1) is 12.9. The summed E-state index contributed by atoms with van der Waals surface area (Å²) < 4.78 is 5.41. The van der Waals surface area contributed by atoms with Crippen molar-refractivity contribution >= 4 is 0 Å². The number of hydrogen-bond donors (Lipinski definition) is 2. The van der Waals surface area contributed by atoms with Gasteiger partial charge in [-0.05, 0) is 26.2 Å². The quantitative estimate of drug-likeness (QED) is 0.593. The molecule has 3 heteroatoms. The standard InChI is InChI=1S/C10H23NO2/c1-4-10(11,5-2)8-13-7-6-9(3)12/h9,12H,4-8,11H2,1-3H3. The molecule has 0 radical (unpaired) electrons. The smallest absolute Gasteiger partial charge is 0.0645 e. The van der Waals surface area contributed by atoms with E-state index in [1.54, 1.807) is 6.92 Å². The molecule has 0 spiro atoms. The zero-order chi connectivity index (χ0) is 10.3. The summed E-state index contributed by atoms with van der Waals surface area (Å²) in [6.45, 7) is 7.09. The Hall–Kier alpha value is -0.120. The number of hydrogen-bond acceptors (Lipinski definition) is 3. The maximum atomic E-state index is 8.98. The summed E-state index contributed by atoms with van der Waals surface area (Å²) in [5.74, 6) is 0. The average molecular weight is 189 g/mol. The van der Waals surface area contributed by atoms with E-state index in [0.29, 0.717) is 19.6 Å². The molecule has 0 saturated heterocycles. The van der Waals surface area contributed by atoms with Crippen LogP contribution in [0.3, 0.4) is 0 Å². The number of aliphatic hydroxyl groups excluding tert-OH is 1. The molecule has 0 aliphatic carbocycles. The van der Waals surface area contributed by atoms with Gasteiger partial charge in [-0.1, -0.05) is 13.8 Å². The van der Waals surface area contributed by atoms with Crippen molar-refractivity contribution in [3.05, 3.63) is 0 Å². The lowest BCUT2D eigenvalue weighted by Gasteiger charge is -2.26. The van der Waals surface area contributed by atoms with Gasteiger partial charge in [0.25, 0.3) is 0 Å². The molecule has 0 aromatic rings. The maximum Gasteiger partial charge on any atom is 0.0645 e. The molecule has 0 aromatic heterocycles. The van der Waals surface area contributed by atoms with Crippen molar-refractivity contribution in [2.75, 3.05) is 13.2 Å². The molecule has 3 nitrogen and oxygen atoms in total. The van der Waals surface area contributed by atoms with Gasteiger partial charge in [0.1, 0.15) is 0 Å². The summed E-state index contributed by atoms with van der Waals surface area (Å²) in [5.41, 5.74) is 5.84. The van der Waals surface area contributed by atoms with Crippen LogP contribution in [0.1, 0.15) is 40.0 Å². The van der Waals surface area contributed by atoms with E-state index in [0.717, 1.165) is 12.8 Å². The SMILES string of the molecule is CCC(N)(CC)COCCC(C)O. The Kier molecular flexibility index (Phi) is 6.29. The Bertz CT molecular complexity index is 122. The third kappa shape index (κ3) is 6.02. The Labute approximate surface area is 81.3 Å². The highest BCUT2D eigenvalue weighted by atomic mass is 16.5. The maximum absolute atomic E-state index is 8.98. The van der Waals surface area contributed by atoms with Crippen LogP contribution in [0.2, 0.25) is 0 Å². The molecule has 0 rings (SSSR count). The van der Waals surface area contributed by atoms with Gasteiger partial charge in [-0.2, -0.15) is 0 Å². The highest BCUT2D eigenvalue weighted by molar-refractivity contribution is 4.80.